The molecule has 0 unspecified atom stereocenters. The molecule has 0 radical (unpaired) electrons. The van der Waals surface area contributed by atoms with Gasteiger partial charge in [0, 0.05) is 5.69 Å². The highest BCUT2D eigenvalue weighted by Crippen LogP contribution is 2.18. The number of ether oxygens (including phenoxy) is 1. The van der Waals surface area contributed by atoms with Crippen LogP contribution in [-0.4, -0.2) is 31.9 Å². The molecule has 1 amide bonds. The van der Waals surface area contributed by atoms with E-state index in [-0.39, 0.29) is 16.4 Å². The van der Waals surface area contributed by atoms with Gasteiger partial charge in [-0.2, -0.15) is 5.26 Å². The van der Waals surface area contributed by atoms with E-state index in [1.807, 2.05) is 6.92 Å². The molecular weight excluding hydrogens is 430 g/mol. The van der Waals surface area contributed by atoms with E-state index in [0.717, 1.165) is 5.56 Å². The minimum atomic E-state index is -3.83. The van der Waals surface area contributed by atoms with Crippen LogP contribution in [0.15, 0.2) is 53.4 Å². The predicted octanol–water partition coefficient (Wildman–Crippen LogP) is 3.40. The molecule has 0 aliphatic rings. The third kappa shape index (κ3) is 6.08. The summed E-state index contributed by atoms with van der Waals surface area (Å²) in [6.45, 7) is 8.48. The molecular formula is C23H27N3O5S. The SMILES string of the molecule is Cc1ccc(NS(=O)(=O)c2ccc(C(=O)O[C@H](C)C(=O)N[C@@](C)(C#N)C(C)C)cc2)cc1. The number of hydrogen-bond acceptors (Lipinski definition) is 6. The van der Waals surface area contributed by atoms with Crippen molar-refractivity contribution in [3.05, 3.63) is 59.7 Å². The first-order valence-electron chi connectivity index (χ1n) is 10.0. The zero-order valence-corrected chi connectivity index (χ0v) is 19.5. The van der Waals surface area contributed by atoms with E-state index in [0.29, 0.717) is 5.69 Å². The number of aryl methyl sites for hydroxylation is 1. The van der Waals surface area contributed by atoms with Gasteiger partial charge in [0.15, 0.2) is 6.10 Å². The van der Waals surface area contributed by atoms with Gasteiger partial charge in [-0.1, -0.05) is 31.5 Å². The fraction of sp³-hybridized carbons (Fsp3) is 0.348. The monoisotopic (exact) mass is 457 g/mol. The summed E-state index contributed by atoms with van der Waals surface area (Å²) < 4.78 is 32.7. The summed E-state index contributed by atoms with van der Waals surface area (Å²) in [4.78, 5) is 24.7. The highest BCUT2D eigenvalue weighted by Gasteiger charge is 2.32. The van der Waals surface area contributed by atoms with Crippen LogP contribution in [0.25, 0.3) is 0 Å². The first-order valence-corrected chi connectivity index (χ1v) is 11.5. The maximum Gasteiger partial charge on any atom is 0.338 e. The molecule has 2 aromatic carbocycles. The van der Waals surface area contributed by atoms with Gasteiger partial charge in [-0.05, 0) is 63.1 Å². The Morgan fingerprint density at radius 3 is 2.09 bits per heavy atom. The van der Waals surface area contributed by atoms with Crippen LogP contribution in [0.3, 0.4) is 0 Å². The van der Waals surface area contributed by atoms with Crippen LogP contribution >= 0.6 is 0 Å². The lowest BCUT2D eigenvalue weighted by Crippen LogP contribution is -2.52. The highest BCUT2D eigenvalue weighted by atomic mass is 32.2. The quantitative estimate of drug-likeness (QED) is 0.585. The Balaban J connectivity index is 2.05. The van der Waals surface area contributed by atoms with Gasteiger partial charge >= 0.3 is 5.97 Å². The molecule has 0 spiro atoms. The zero-order valence-electron chi connectivity index (χ0n) is 18.7. The lowest BCUT2D eigenvalue weighted by molar-refractivity contribution is -0.130. The Morgan fingerprint density at radius 2 is 1.59 bits per heavy atom. The minimum Gasteiger partial charge on any atom is -0.449 e. The first-order chi connectivity index (χ1) is 14.9. The second-order valence-corrected chi connectivity index (χ2v) is 9.68. The Bertz CT molecular complexity index is 1120. The second-order valence-electron chi connectivity index (χ2n) is 8.00. The second kappa shape index (κ2) is 9.83. The summed E-state index contributed by atoms with van der Waals surface area (Å²) in [5.41, 5.74) is 0.411. The van der Waals surface area contributed by atoms with E-state index in [4.69, 9.17) is 4.74 Å². The van der Waals surface area contributed by atoms with E-state index in [2.05, 4.69) is 16.1 Å². The molecule has 0 fully saturated rings. The molecule has 2 atom stereocenters. The Hall–Kier alpha value is -3.38. The fourth-order valence-electron chi connectivity index (χ4n) is 2.55. The lowest BCUT2D eigenvalue weighted by Gasteiger charge is -2.28. The van der Waals surface area contributed by atoms with Gasteiger partial charge < -0.3 is 10.1 Å². The van der Waals surface area contributed by atoms with Crippen LogP contribution in [0.1, 0.15) is 43.6 Å². The Morgan fingerprint density at radius 1 is 1.03 bits per heavy atom. The summed E-state index contributed by atoms with van der Waals surface area (Å²) in [7, 11) is -3.83. The van der Waals surface area contributed by atoms with Gasteiger partial charge in [0.25, 0.3) is 15.9 Å². The Labute approximate surface area is 188 Å². The maximum atomic E-state index is 12.5. The molecule has 2 N–H and O–H groups in total. The molecule has 0 heterocycles. The largest absolute Gasteiger partial charge is 0.449 e. The van der Waals surface area contributed by atoms with E-state index in [1.165, 1.54) is 31.2 Å². The summed E-state index contributed by atoms with van der Waals surface area (Å²) in [5.74, 6) is -1.54. The molecule has 0 aliphatic carbocycles. The van der Waals surface area contributed by atoms with Crippen molar-refractivity contribution in [3.63, 3.8) is 0 Å². The molecule has 170 valence electrons. The van der Waals surface area contributed by atoms with Crippen LogP contribution in [0, 0.1) is 24.2 Å². The molecule has 8 nitrogen and oxygen atoms in total. The third-order valence-electron chi connectivity index (χ3n) is 5.13. The molecule has 0 bridgehead atoms. The van der Waals surface area contributed by atoms with Crippen LogP contribution in [0.5, 0.6) is 0 Å². The standard InChI is InChI=1S/C23H27N3O5S/c1-15(2)23(5,14-24)25-21(27)17(4)31-22(28)18-8-12-20(13-9-18)32(29,30)26-19-10-6-16(3)7-11-19/h6-13,15,17,26H,1-5H3,(H,25,27)/t17-,23+/m1/s1. The van der Waals surface area contributed by atoms with Gasteiger partial charge in [-0.25, -0.2) is 13.2 Å². The maximum absolute atomic E-state index is 12.5. The van der Waals surface area contributed by atoms with E-state index < -0.39 is 33.5 Å². The molecule has 0 aromatic heterocycles. The summed E-state index contributed by atoms with van der Waals surface area (Å²) >= 11 is 0. The van der Waals surface area contributed by atoms with Crippen molar-refractivity contribution >= 4 is 27.6 Å². The number of benzene rings is 2. The van der Waals surface area contributed by atoms with Crippen LogP contribution in [-0.2, 0) is 19.6 Å². The van der Waals surface area contributed by atoms with Crippen molar-refractivity contribution in [2.75, 3.05) is 4.72 Å². The van der Waals surface area contributed by atoms with Crippen LogP contribution in [0.4, 0.5) is 5.69 Å². The van der Waals surface area contributed by atoms with Crippen LogP contribution in [0.2, 0.25) is 0 Å². The van der Waals surface area contributed by atoms with Gasteiger partial charge in [0.2, 0.25) is 0 Å². The molecule has 2 aromatic rings. The van der Waals surface area contributed by atoms with Crippen molar-refractivity contribution < 1.29 is 22.7 Å². The van der Waals surface area contributed by atoms with Gasteiger partial charge in [0.1, 0.15) is 5.54 Å². The van der Waals surface area contributed by atoms with E-state index >= 15 is 0 Å². The number of rotatable bonds is 8. The van der Waals surface area contributed by atoms with Gasteiger partial charge in [0.05, 0.1) is 16.5 Å². The number of nitrogens with zero attached hydrogens (tertiary/aromatic N) is 1. The predicted molar refractivity (Wildman–Crippen MR) is 120 cm³/mol. The summed E-state index contributed by atoms with van der Waals surface area (Å²) in [5, 5.41) is 11.9. The lowest BCUT2D eigenvalue weighted by atomic mass is 9.90. The van der Waals surface area contributed by atoms with Gasteiger partial charge in [-0.15, -0.1) is 0 Å². The number of carbonyl (C=O) groups excluding carboxylic acids is 2. The molecule has 0 saturated carbocycles. The number of carbonyl (C=O) groups is 2. The molecule has 0 saturated heterocycles. The first kappa shape index (κ1) is 24.9. The minimum absolute atomic E-state index is 0.0258. The molecule has 32 heavy (non-hydrogen) atoms. The molecule has 9 heteroatoms. The topological polar surface area (TPSA) is 125 Å². The van der Waals surface area contributed by atoms with E-state index in [1.54, 1.807) is 45.0 Å². The summed E-state index contributed by atoms with van der Waals surface area (Å²) in [6, 6.07) is 14.1. The number of sulfonamides is 1. The van der Waals surface area contributed by atoms with Gasteiger partial charge in [-0.3, -0.25) is 9.52 Å². The van der Waals surface area contributed by atoms with Crippen molar-refractivity contribution in [3.8, 4) is 6.07 Å². The summed E-state index contributed by atoms with van der Waals surface area (Å²) in [6.07, 6.45) is -1.14. The number of anilines is 1. The number of amides is 1. The molecule has 2 rings (SSSR count). The number of nitrogens with one attached hydrogen (secondary N) is 2. The fourth-order valence-corrected chi connectivity index (χ4v) is 3.61. The Kier molecular flexibility index (Phi) is 7.65. The van der Waals surface area contributed by atoms with Crippen molar-refractivity contribution in [2.45, 2.75) is 51.2 Å². The van der Waals surface area contributed by atoms with Crippen LogP contribution < -0.4 is 10.0 Å². The van der Waals surface area contributed by atoms with Crippen molar-refractivity contribution in [1.82, 2.24) is 5.32 Å². The van der Waals surface area contributed by atoms with E-state index in [9.17, 15) is 23.3 Å². The third-order valence-corrected chi connectivity index (χ3v) is 6.52. The van der Waals surface area contributed by atoms with Crippen molar-refractivity contribution in [1.29, 1.82) is 5.26 Å². The number of hydrogen-bond donors (Lipinski definition) is 2. The van der Waals surface area contributed by atoms with Crippen molar-refractivity contribution in [2.24, 2.45) is 5.92 Å². The average molecular weight is 458 g/mol. The molecule has 0 aliphatic heterocycles. The number of esters is 1. The average Bonchev–Trinajstić information content (AvgIpc) is 2.74. The zero-order chi connectivity index (χ0) is 24.1. The highest BCUT2D eigenvalue weighted by molar-refractivity contribution is 7.92. The number of nitriles is 1. The smallest absolute Gasteiger partial charge is 0.338 e. The normalized spacial score (nSPS) is 14.0.